The van der Waals surface area contributed by atoms with Gasteiger partial charge in [-0.05, 0) is 31.4 Å². The van der Waals surface area contributed by atoms with Gasteiger partial charge >= 0.3 is 0 Å². The van der Waals surface area contributed by atoms with Crippen molar-refractivity contribution in [2.45, 2.75) is 25.2 Å². The molecule has 1 fully saturated rings. The summed E-state index contributed by atoms with van der Waals surface area (Å²) in [6.07, 6.45) is 6.44. The fourth-order valence-electron chi connectivity index (χ4n) is 2.53. The van der Waals surface area contributed by atoms with E-state index in [-0.39, 0.29) is 5.91 Å². The molecule has 0 aliphatic carbocycles. The molecular formula is C13H19N3O. The molecule has 1 aliphatic rings. The molecule has 0 aromatic carbocycles. The fourth-order valence-corrected chi connectivity index (χ4v) is 2.53. The highest BCUT2D eigenvalue weighted by Gasteiger charge is 2.21. The number of nitrogens with zero attached hydrogens (tertiary/aromatic N) is 3. The standard InChI is InChI=1S/C13H19N3O/c1-3-13(17)16-9-4-5-11(7-10-16)12-6-8-14-15(12)2/h3,6,8,11H,1,4-5,7,9-10H2,2H3. The normalized spacial score (nSPS) is 21.0. The van der Waals surface area contributed by atoms with Crippen molar-refractivity contribution in [3.63, 3.8) is 0 Å². The van der Waals surface area contributed by atoms with Gasteiger partial charge in [0.25, 0.3) is 0 Å². The van der Waals surface area contributed by atoms with Gasteiger partial charge in [-0.25, -0.2) is 0 Å². The van der Waals surface area contributed by atoms with Gasteiger partial charge in [0.15, 0.2) is 0 Å². The van der Waals surface area contributed by atoms with Crippen LogP contribution < -0.4 is 0 Å². The predicted molar refractivity (Wildman–Crippen MR) is 66.6 cm³/mol. The predicted octanol–water partition coefficient (Wildman–Crippen LogP) is 1.70. The Morgan fingerprint density at radius 2 is 2.35 bits per heavy atom. The molecule has 4 nitrogen and oxygen atoms in total. The van der Waals surface area contributed by atoms with Crippen LogP contribution in [0.1, 0.15) is 30.9 Å². The molecule has 0 radical (unpaired) electrons. The minimum atomic E-state index is 0.0515. The van der Waals surface area contributed by atoms with Crippen LogP contribution in [-0.4, -0.2) is 33.7 Å². The number of carbonyl (C=O) groups excluding carboxylic acids is 1. The van der Waals surface area contributed by atoms with Crippen LogP contribution in [0, 0.1) is 0 Å². The van der Waals surface area contributed by atoms with Crippen LogP contribution in [0.2, 0.25) is 0 Å². The lowest BCUT2D eigenvalue weighted by Gasteiger charge is -2.18. The highest BCUT2D eigenvalue weighted by Crippen LogP contribution is 2.27. The maximum absolute atomic E-state index is 11.6. The monoisotopic (exact) mass is 233 g/mol. The Morgan fingerprint density at radius 1 is 1.53 bits per heavy atom. The summed E-state index contributed by atoms with van der Waals surface area (Å²) in [4.78, 5) is 13.5. The van der Waals surface area contributed by atoms with E-state index < -0.39 is 0 Å². The van der Waals surface area contributed by atoms with E-state index >= 15 is 0 Å². The van der Waals surface area contributed by atoms with Crippen molar-refractivity contribution in [3.8, 4) is 0 Å². The van der Waals surface area contributed by atoms with Crippen LogP contribution in [0.5, 0.6) is 0 Å². The third-order valence-corrected chi connectivity index (χ3v) is 3.49. The molecule has 0 bridgehead atoms. The zero-order chi connectivity index (χ0) is 12.3. The Bertz CT molecular complexity index is 411. The molecule has 4 heteroatoms. The summed E-state index contributed by atoms with van der Waals surface area (Å²) < 4.78 is 1.94. The third kappa shape index (κ3) is 2.57. The van der Waals surface area contributed by atoms with E-state index in [0.29, 0.717) is 5.92 Å². The Hall–Kier alpha value is -1.58. The Kier molecular flexibility index (Phi) is 3.61. The summed E-state index contributed by atoms with van der Waals surface area (Å²) >= 11 is 0. The molecule has 1 saturated heterocycles. The van der Waals surface area contributed by atoms with Crippen molar-refractivity contribution in [2.75, 3.05) is 13.1 Å². The molecule has 1 aromatic heterocycles. The van der Waals surface area contributed by atoms with E-state index in [4.69, 9.17) is 0 Å². The average Bonchev–Trinajstić information content (AvgIpc) is 2.63. The quantitative estimate of drug-likeness (QED) is 0.729. The Morgan fingerprint density at radius 3 is 3.00 bits per heavy atom. The lowest BCUT2D eigenvalue weighted by Crippen LogP contribution is -2.30. The first-order valence-electron chi connectivity index (χ1n) is 6.11. The second-order valence-electron chi connectivity index (χ2n) is 4.54. The van der Waals surface area contributed by atoms with Gasteiger partial charge in [-0.15, -0.1) is 0 Å². The van der Waals surface area contributed by atoms with Gasteiger partial charge in [-0.2, -0.15) is 5.10 Å². The van der Waals surface area contributed by atoms with Crippen LogP contribution in [-0.2, 0) is 11.8 Å². The minimum absolute atomic E-state index is 0.0515. The van der Waals surface area contributed by atoms with Crippen LogP contribution >= 0.6 is 0 Å². The van der Waals surface area contributed by atoms with Crippen molar-refractivity contribution >= 4 is 5.91 Å². The second kappa shape index (κ2) is 5.17. The number of aryl methyl sites for hydroxylation is 1. The fraction of sp³-hybridized carbons (Fsp3) is 0.538. The maximum atomic E-state index is 11.6. The van der Waals surface area contributed by atoms with Crippen molar-refractivity contribution in [1.82, 2.24) is 14.7 Å². The minimum Gasteiger partial charge on any atom is -0.339 e. The topological polar surface area (TPSA) is 38.1 Å². The van der Waals surface area contributed by atoms with Crippen molar-refractivity contribution in [1.29, 1.82) is 0 Å². The highest BCUT2D eigenvalue weighted by molar-refractivity contribution is 5.86. The van der Waals surface area contributed by atoms with Gasteiger partial charge in [-0.1, -0.05) is 6.58 Å². The summed E-state index contributed by atoms with van der Waals surface area (Å²) in [6, 6.07) is 2.08. The number of rotatable bonds is 2. The van der Waals surface area contributed by atoms with Gasteiger partial charge in [0.05, 0.1) is 0 Å². The van der Waals surface area contributed by atoms with E-state index in [2.05, 4.69) is 17.7 Å². The van der Waals surface area contributed by atoms with E-state index in [1.54, 1.807) is 0 Å². The van der Waals surface area contributed by atoms with Crippen LogP contribution in [0.25, 0.3) is 0 Å². The highest BCUT2D eigenvalue weighted by atomic mass is 16.2. The molecule has 2 rings (SSSR count). The summed E-state index contributed by atoms with van der Waals surface area (Å²) in [7, 11) is 1.98. The number of carbonyl (C=O) groups is 1. The zero-order valence-electron chi connectivity index (χ0n) is 10.3. The maximum Gasteiger partial charge on any atom is 0.245 e. The number of likely N-dealkylation sites (tertiary alicyclic amines) is 1. The van der Waals surface area contributed by atoms with Crippen molar-refractivity contribution < 1.29 is 4.79 Å². The molecule has 1 aromatic rings. The van der Waals surface area contributed by atoms with E-state index in [0.717, 1.165) is 32.4 Å². The molecule has 2 heterocycles. The summed E-state index contributed by atoms with van der Waals surface area (Å²) in [5, 5.41) is 4.21. The van der Waals surface area contributed by atoms with Crippen molar-refractivity contribution in [2.24, 2.45) is 7.05 Å². The molecule has 92 valence electrons. The average molecular weight is 233 g/mol. The third-order valence-electron chi connectivity index (χ3n) is 3.49. The molecule has 17 heavy (non-hydrogen) atoms. The SMILES string of the molecule is C=CC(=O)N1CCCC(c2ccnn2C)CC1. The lowest BCUT2D eigenvalue weighted by molar-refractivity contribution is -0.125. The zero-order valence-corrected chi connectivity index (χ0v) is 10.3. The molecule has 0 saturated carbocycles. The summed E-state index contributed by atoms with van der Waals surface area (Å²) in [5.74, 6) is 0.570. The number of amides is 1. The van der Waals surface area contributed by atoms with E-state index in [9.17, 15) is 4.79 Å². The molecular weight excluding hydrogens is 214 g/mol. The molecule has 0 N–H and O–H groups in total. The first-order chi connectivity index (χ1) is 8.22. The van der Waals surface area contributed by atoms with Gasteiger partial charge in [0.1, 0.15) is 0 Å². The van der Waals surface area contributed by atoms with E-state index in [1.165, 1.54) is 11.8 Å². The molecule has 1 amide bonds. The number of hydrogen-bond acceptors (Lipinski definition) is 2. The van der Waals surface area contributed by atoms with Gasteiger partial charge in [0.2, 0.25) is 5.91 Å². The molecule has 1 unspecified atom stereocenters. The Balaban J connectivity index is 2.03. The van der Waals surface area contributed by atoms with Crippen molar-refractivity contribution in [3.05, 3.63) is 30.6 Å². The lowest BCUT2D eigenvalue weighted by atomic mass is 9.97. The van der Waals surface area contributed by atoms with Gasteiger partial charge in [-0.3, -0.25) is 9.48 Å². The second-order valence-corrected chi connectivity index (χ2v) is 4.54. The first kappa shape index (κ1) is 11.9. The van der Waals surface area contributed by atoms with Gasteiger partial charge < -0.3 is 4.90 Å². The van der Waals surface area contributed by atoms with Gasteiger partial charge in [0, 0.05) is 37.9 Å². The Labute approximate surface area is 102 Å². The van der Waals surface area contributed by atoms with Crippen LogP contribution in [0.4, 0.5) is 0 Å². The smallest absolute Gasteiger partial charge is 0.245 e. The number of hydrogen-bond donors (Lipinski definition) is 0. The summed E-state index contributed by atoms with van der Waals surface area (Å²) in [6.45, 7) is 5.21. The van der Waals surface area contributed by atoms with Crippen LogP contribution in [0.3, 0.4) is 0 Å². The molecule has 1 atom stereocenters. The van der Waals surface area contributed by atoms with Crippen LogP contribution in [0.15, 0.2) is 24.9 Å². The molecule has 1 aliphatic heterocycles. The number of aromatic nitrogens is 2. The summed E-state index contributed by atoms with van der Waals surface area (Å²) in [5.41, 5.74) is 1.28. The largest absolute Gasteiger partial charge is 0.339 e. The van der Waals surface area contributed by atoms with E-state index in [1.807, 2.05) is 22.8 Å². The molecule has 0 spiro atoms. The first-order valence-corrected chi connectivity index (χ1v) is 6.11.